The Hall–Kier alpha value is -3.07. The lowest BCUT2D eigenvalue weighted by molar-refractivity contribution is -0.166. The van der Waals surface area contributed by atoms with Crippen LogP contribution in [0.4, 0.5) is 44.3 Å². The van der Waals surface area contributed by atoms with Crippen molar-refractivity contribution in [3.8, 4) is 0 Å². The fourth-order valence-electron chi connectivity index (χ4n) is 2.48. The monoisotopic (exact) mass is 496 g/mol. The molecule has 7 nitrogen and oxygen atoms in total. The van der Waals surface area contributed by atoms with Crippen LogP contribution < -0.4 is 16.0 Å². The molecule has 0 saturated heterocycles. The third kappa shape index (κ3) is 8.76. The van der Waals surface area contributed by atoms with E-state index in [1.54, 1.807) is 0 Å². The quantitative estimate of drug-likeness (QED) is 0.503. The summed E-state index contributed by atoms with van der Waals surface area (Å²) in [5, 5.41) is 6.40. The van der Waals surface area contributed by atoms with E-state index in [-0.39, 0.29) is 11.3 Å². The summed E-state index contributed by atoms with van der Waals surface area (Å²) in [6, 6.07) is -1.91. The van der Waals surface area contributed by atoms with Gasteiger partial charge in [-0.15, -0.1) is 0 Å². The molecule has 2 aliphatic rings. The number of amides is 2. The zero-order chi connectivity index (χ0) is 25.0. The van der Waals surface area contributed by atoms with Crippen molar-refractivity contribution in [1.29, 1.82) is 0 Å². The van der Waals surface area contributed by atoms with Crippen LogP contribution in [0.25, 0.3) is 0 Å². The van der Waals surface area contributed by atoms with Crippen LogP contribution in [0.2, 0.25) is 0 Å². The van der Waals surface area contributed by atoms with Gasteiger partial charge in [0, 0.05) is 11.3 Å². The number of aliphatic imine (C=N–C) groups is 1. The molecule has 1 aliphatic carbocycles. The van der Waals surface area contributed by atoms with Crippen molar-refractivity contribution in [2.45, 2.75) is 38.0 Å². The maximum absolute atomic E-state index is 12.7. The number of hydrogen-bond donors (Lipinski definition) is 3. The smallest absolute Gasteiger partial charge is 0.422 e. The van der Waals surface area contributed by atoms with Gasteiger partial charge in [0.2, 0.25) is 0 Å². The fourth-order valence-corrected chi connectivity index (χ4v) is 2.48. The Morgan fingerprint density at radius 3 is 2.21 bits per heavy atom. The average Bonchev–Trinajstić information content (AvgIpc) is 2.65. The van der Waals surface area contributed by atoms with E-state index in [0.717, 1.165) is 18.2 Å². The second kappa shape index (κ2) is 9.82. The number of halogens is 9. The van der Waals surface area contributed by atoms with Crippen LogP contribution >= 0.6 is 0 Å². The molecule has 33 heavy (non-hydrogen) atoms. The van der Waals surface area contributed by atoms with Crippen molar-refractivity contribution in [2.75, 3.05) is 13.2 Å². The maximum Gasteiger partial charge on any atom is 0.422 e. The molecule has 0 aromatic carbocycles. The molecule has 0 bridgehead atoms. The zero-order valence-electron chi connectivity index (χ0n) is 16.6. The normalized spacial score (nSPS) is 21.6. The Morgan fingerprint density at radius 1 is 1.09 bits per heavy atom. The van der Waals surface area contributed by atoms with Crippen molar-refractivity contribution in [1.82, 2.24) is 16.0 Å². The number of rotatable bonds is 5. The van der Waals surface area contributed by atoms with Gasteiger partial charge in [0.25, 0.3) is 6.02 Å². The third-order valence-electron chi connectivity index (χ3n) is 4.03. The summed E-state index contributed by atoms with van der Waals surface area (Å²) in [6.45, 7) is -2.45. The van der Waals surface area contributed by atoms with Gasteiger partial charge < -0.3 is 20.1 Å². The van der Waals surface area contributed by atoms with Crippen LogP contribution in [0.5, 0.6) is 0 Å². The molecule has 2 amide bonds. The van der Waals surface area contributed by atoms with Gasteiger partial charge in [-0.1, -0.05) is 12.2 Å². The molecule has 3 N–H and O–H groups in total. The molecular formula is C17H17F9N4O3. The largest absolute Gasteiger partial charge is 0.469 e. The highest BCUT2D eigenvalue weighted by molar-refractivity contribution is 5.80. The lowest BCUT2D eigenvalue weighted by Crippen LogP contribution is -2.47. The van der Waals surface area contributed by atoms with E-state index >= 15 is 0 Å². The van der Waals surface area contributed by atoms with Crippen molar-refractivity contribution < 1.29 is 53.8 Å². The van der Waals surface area contributed by atoms with E-state index in [1.807, 2.05) is 5.32 Å². The number of amidine groups is 1. The Morgan fingerprint density at radius 2 is 1.70 bits per heavy atom. The van der Waals surface area contributed by atoms with E-state index in [2.05, 4.69) is 25.1 Å². The topological polar surface area (TPSA) is 84.0 Å². The SMILES string of the molecule is CC1=C(OCC(F)(F)F)NC(OCC(F)(F)F)=NC1NC(=O)NC1=CCC(C(F)(F)F)C=C1. The van der Waals surface area contributed by atoms with Gasteiger partial charge in [0.05, 0.1) is 5.92 Å². The molecule has 0 radical (unpaired) electrons. The minimum absolute atomic E-state index is 0.00497. The van der Waals surface area contributed by atoms with Gasteiger partial charge in [-0.25, -0.2) is 9.79 Å². The van der Waals surface area contributed by atoms with E-state index in [0.29, 0.717) is 0 Å². The summed E-state index contributed by atoms with van der Waals surface area (Å²) in [5.74, 6) is -2.37. The number of carbonyl (C=O) groups excluding carboxylic acids is 1. The number of nitrogens with zero attached hydrogens (tertiary/aromatic N) is 1. The Bertz CT molecular complexity index is 857. The number of ether oxygens (including phenoxy) is 2. The third-order valence-corrected chi connectivity index (χ3v) is 4.03. The molecule has 16 heteroatoms. The maximum atomic E-state index is 12.7. The first-order valence-electron chi connectivity index (χ1n) is 9.01. The highest BCUT2D eigenvalue weighted by atomic mass is 19.4. The highest BCUT2D eigenvalue weighted by Crippen LogP contribution is 2.32. The molecule has 1 heterocycles. The summed E-state index contributed by atoms with van der Waals surface area (Å²) in [4.78, 5) is 15.8. The number of alkyl halides is 9. The minimum atomic E-state index is -4.79. The molecule has 0 aromatic heterocycles. The molecule has 1 aliphatic heterocycles. The second-order valence-corrected chi connectivity index (χ2v) is 6.78. The van der Waals surface area contributed by atoms with Crippen molar-refractivity contribution in [2.24, 2.45) is 10.9 Å². The molecule has 0 fully saturated rings. The summed E-state index contributed by atoms with van der Waals surface area (Å²) in [6.07, 6.45) is -13.0. The Kier molecular flexibility index (Phi) is 7.79. The highest BCUT2D eigenvalue weighted by Gasteiger charge is 2.38. The van der Waals surface area contributed by atoms with Crippen LogP contribution in [0, 0.1) is 5.92 Å². The molecule has 2 unspecified atom stereocenters. The molecule has 0 spiro atoms. The molecule has 0 aromatic rings. The first-order chi connectivity index (χ1) is 15.0. The van der Waals surface area contributed by atoms with Crippen molar-refractivity contribution in [3.63, 3.8) is 0 Å². The van der Waals surface area contributed by atoms with Crippen LogP contribution in [-0.4, -0.2) is 50.0 Å². The van der Waals surface area contributed by atoms with E-state index in [9.17, 15) is 44.3 Å². The molecular weight excluding hydrogens is 479 g/mol. The standard InChI is InChI=1S/C17H17F9N4O3/c1-8-11(28-13(31)27-10-4-2-9(3-5-10)17(24,25)26)29-14(33-7-16(21,22)23)30-12(8)32-6-15(18,19)20/h2,4-5,9,11H,3,6-7H2,1H3,(H,29,30)(H2,27,28,31). The molecule has 2 rings (SSSR count). The summed E-state index contributed by atoms with van der Waals surface area (Å²) < 4.78 is 121. The Labute approximate surface area is 180 Å². The van der Waals surface area contributed by atoms with Crippen LogP contribution in [0.15, 0.2) is 40.4 Å². The second-order valence-electron chi connectivity index (χ2n) is 6.78. The number of hydrogen-bond acceptors (Lipinski definition) is 5. The minimum Gasteiger partial charge on any atom is -0.469 e. The van der Waals surface area contributed by atoms with Crippen LogP contribution in [-0.2, 0) is 9.47 Å². The Balaban J connectivity index is 2.09. The molecule has 186 valence electrons. The van der Waals surface area contributed by atoms with Crippen molar-refractivity contribution >= 4 is 12.1 Å². The van der Waals surface area contributed by atoms with Crippen LogP contribution in [0.3, 0.4) is 0 Å². The van der Waals surface area contributed by atoms with E-state index in [1.165, 1.54) is 6.92 Å². The number of allylic oxidation sites excluding steroid dienone is 3. The van der Waals surface area contributed by atoms with Gasteiger partial charge in [-0.3, -0.25) is 5.32 Å². The van der Waals surface area contributed by atoms with E-state index in [4.69, 9.17) is 0 Å². The average molecular weight is 496 g/mol. The first kappa shape index (κ1) is 26.2. The molecule has 2 atom stereocenters. The first-order valence-corrected chi connectivity index (χ1v) is 9.01. The predicted molar refractivity (Wildman–Crippen MR) is 94.1 cm³/mol. The number of nitrogens with one attached hydrogen (secondary N) is 3. The van der Waals surface area contributed by atoms with Gasteiger partial charge in [0.15, 0.2) is 25.3 Å². The van der Waals surface area contributed by atoms with E-state index < -0.39 is 68.2 Å². The summed E-state index contributed by atoms with van der Waals surface area (Å²) >= 11 is 0. The number of carbonyl (C=O) groups is 1. The van der Waals surface area contributed by atoms with Crippen molar-refractivity contribution in [3.05, 3.63) is 35.4 Å². The fraction of sp³-hybridized carbons (Fsp3) is 0.529. The van der Waals surface area contributed by atoms with Crippen LogP contribution in [0.1, 0.15) is 13.3 Å². The lowest BCUT2D eigenvalue weighted by atomic mass is 9.99. The summed E-state index contributed by atoms with van der Waals surface area (Å²) in [5.41, 5.74) is -0.145. The van der Waals surface area contributed by atoms with Gasteiger partial charge >= 0.3 is 24.6 Å². The van der Waals surface area contributed by atoms with Gasteiger partial charge in [-0.2, -0.15) is 39.5 Å². The van der Waals surface area contributed by atoms with Gasteiger partial charge in [-0.05, 0) is 19.4 Å². The summed E-state index contributed by atoms with van der Waals surface area (Å²) in [7, 11) is 0. The predicted octanol–water partition coefficient (Wildman–Crippen LogP) is 3.98. The molecule has 0 saturated carbocycles. The van der Waals surface area contributed by atoms with Gasteiger partial charge in [0.1, 0.15) is 0 Å². The number of urea groups is 1. The lowest BCUT2D eigenvalue weighted by Gasteiger charge is -2.27. The zero-order valence-corrected chi connectivity index (χ0v) is 16.6.